The van der Waals surface area contributed by atoms with Crippen molar-refractivity contribution in [2.45, 2.75) is 48.8 Å². The number of rotatable bonds is 6. The molecule has 1 aliphatic rings. The van der Waals surface area contributed by atoms with E-state index in [1.807, 2.05) is 49.9 Å². The Hall–Kier alpha value is -0.710. The molecule has 2 unspecified atom stereocenters. The van der Waals surface area contributed by atoms with Gasteiger partial charge in [-0.15, -0.1) is 11.8 Å². The third-order valence-corrected chi connectivity index (χ3v) is 5.30. The molecule has 1 aliphatic carbocycles. The molecule has 0 heterocycles. The van der Waals surface area contributed by atoms with Crippen LogP contribution in [0.4, 0.5) is 0 Å². The zero-order valence-electron chi connectivity index (χ0n) is 12.5. The summed E-state index contributed by atoms with van der Waals surface area (Å²) in [5.74, 6) is -0.106. The Balaban J connectivity index is 2.02. The minimum atomic E-state index is -0.505. The molecule has 1 fully saturated rings. The Kier molecular flexibility index (Phi) is 5.97. The van der Waals surface area contributed by atoms with E-state index < -0.39 is 5.54 Å². The molecule has 5 heteroatoms. The van der Waals surface area contributed by atoms with Gasteiger partial charge in [-0.1, -0.05) is 18.5 Å². The molecule has 2 rings (SSSR count). The fourth-order valence-corrected chi connectivity index (χ4v) is 4.24. The number of nitrogens with one attached hydrogen (secondary N) is 1. The van der Waals surface area contributed by atoms with Crippen LogP contribution in [0.2, 0.25) is 5.02 Å². The molecule has 0 aliphatic heterocycles. The van der Waals surface area contributed by atoms with Gasteiger partial charge in [0.05, 0.1) is 6.61 Å². The third-order valence-electron chi connectivity index (χ3n) is 3.77. The smallest absolute Gasteiger partial charge is 0.326 e. The van der Waals surface area contributed by atoms with Gasteiger partial charge in [0.25, 0.3) is 0 Å². The molecule has 116 valence electrons. The van der Waals surface area contributed by atoms with Gasteiger partial charge in [-0.3, -0.25) is 4.79 Å². The maximum atomic E-state index is 12.3. The number of likely N-dealkylation sites (N-methyl/N-ethyl adjacent to an activating group) is 1. The van der Waals surface area contributed by atoms with Crippen LogP contribution in [-0.4, -0.2) is 29.9 Å². The number of carbonyl (C=O) groups is 1. The fourth-order valence-electron chi connectivity index (χ4n) is 2.83. The second-order valence-corrected chi connectivity index (χ2v) is 7.08. The molecule has 0 saturated heterocycles. The minimum absolute atomic E-state index is 0.106. The predicted octanol–water partition coefficient (Wildman–Crippen LogP) is 3.90. The molecule has 1 aromatic rings. The van der Waals surface area contributed by atoms with E-state index in [0.717, 1.165) is 30.8 Å². The maximum absolute atomic E-state index is 12.3. The van der Waals surface area contributed by atoms with E-state index in [9.17, 15) is 4.79 Å². The number of thioether (sulfide) groups is 1. The standard InChI is InChI=1S/C16H22ClNO2S/c1-3-18-16(15(19)20-4-2)10-9-14(11-16)21-13-7-5-12(17)6-8-13/h5-8,14,18H,3-4,9-11H2,1-2H3. The summed E-state index contributed by atoms with van der Waals surface area (Å²) in [7, 11) is 0. The van der Waals surface area contributed by atoms with Gasteiger partial charge in [0.15, 0.2) is 0 Å². The number of esters is 1. The molecule has 0 radical (unpaired) electrons. The van der Waals surface area contributed by atoms with Gasteiger partial charge in [-0.05, 0) is 57.0 Å². The van der Waals surface area contributed by atoms with Crippen molar-refractivity contribution in [3.63, 3.8) is 0 Å². The number of ether oxygens (including phenoxy) is 1. The van der Waals surface area contributed by atoms with Gasteiger partial charge >= 0.3 is 5.97 Å². The molecule has 1 aromatic carbocycles. The summed E-state index contributed by atoms with van der Waals surface area (Å²) in [5.41, 5.74) is -0.505. The van der Waals surface area contributed by atoms with Gasteiger partial charge in [-0.2, -0.15) is 0 Å². The largest absolute Gasteiger partial charge is 0.465 e. The normalized spacial score (nSPS) is 25.0. The first-order valence-electron chi connectivity index (χ1n) is 7.44. The van der Waals surface area contributed by atoms with E-state index in [0.29, 0.717) is 11.9 Å². The summed E-state index contributed by atoms with van der Waals surface area (Å²) in [4.78, 5) is 13.5. The van der Waals surface area contributed by atoms with E-state index in [-0.39, 0.29) is 5.97 Å². The van der Waals surface area contributed by atoms with Crippen molar-refractivity contribution in [2.75, 3.05) is 13.2 Å². The van der Waals surface area contributed by atoms with Gasteiger partial charge in [0.1, 0.15) is 5.54 Å². The number of benzene rings is 1. The molecule has 0 bridgehead atoms. The van der Waals surface area contributed by atoms with Crippen molar-refractivity contribution < 1.29 is 9.53 Å². The predicted molar refractivity (Wildman–Crippen MR) is 88.0 cm³/mol. The minimum Gasteiger partial charge on any atom is -0.465 e. The van der Waals surface area contributed by atoms with E-state index in [4.69, 9.17) is 16.3 Å². The topological polar surface area (TPSA) is 38.3 Å². The lowest BCUT2D eigenvalue weighted by atomic mass is 9.98. The molecular formula is C16H22ClNO2S. The van der Waals surface area contributed by atoms with Crippen LogP contribution < -0.4 is 5.32 Å². The maximum Gasteiger partial charge on any atom is 0.326 e. The molecule has 0 aromatic heterocycles. The fraction of sp³-hybridized carbons (Fsp3) is 0.562. The Morgan fingerprint density at radius 2 is 2.14 bits per heavy atom. The first-order chi connectivity index (χ1) is 10.1. The van der Waals surface area contributed by atoms with E-state index in [1.54, 1.807) is 0 Å². The molecular weight excluding hydrogens is 306 g/mol. The third kappa shape index (κ3) is 4.15. The second-order valence-electron chi connectivity index (χ2n) is 5.27. The highest BCUT2D eigenvalue weighted by Crippen LogP contribution is 2.41. The molecule has 1 saturated carbocycles. The van der Waals surface area contributed by atoms with Crippen LogP contribution in [0.15, 0.2) is 29.2 Å². The summed E-state index contributed by atoms with van der Waals surface area (Å²) in [6.07, 6.45) is 2.66. The highest BCUT2D eigenvalue weighted by Gasteiger charge is 2.46. The van der Waals surface area contributed by atoms with Gasteiger partial charge < -0.3 is 10.1 Å². The molecule has 1 N–H and O–H groups in total. The van der Waals surface area contributed by atoms with Crippen molar-refractivity contribution >= 4 is 29.3 Å². The Bertz CT molecular complexity index is 480. The number of hydrogen-bond acceptors (Lipinski definition) is 4. The SMILES string of the molecule is CCNC1(C(=O)OCC)CCC(Sc2ccc(Cl)cc2)C1. The van der Waals surface area contributed by atoms with Gasteiger partial charge in [0, 0.05) is 15.2 Å². The first-order valence-corrected chi connectivity index (χ1v) is 8.70. The van der Waals surface area contributed by atoms with Crippen molar-refractivity contribution in [3.05, 3.63) is 29.3 Å². The van der Waals surface area contributed by atoms with Crippen molar-refractivity contribution in [2.24, 2.45) is 0 Å². The van der Waals surface area contributed by atoms with Crippen LogP contribution in [0.3, 0.4) is 0 Å². The van der Waals surface area contributed by atoms with E-state index >= 15 is 0 Å². The summed E-state index contributed by atoms with van der Waals surface area (Å²) in [5, 5.41) is 4.53. The lowest BCUT2D eigenvalue weighted by Crippen LogP contribution is -2.51. The Labute approximate surface area is 135 Å². The van der Waals surface area contributed by atoms with Crippen LogP contribution in [0.25, 0.3) is 0 Å². The average Bonchev–Trinajstić information content (AvgIpc) is 2.86. The average molecular weight is 328 g/mol. The lowest BCUT2D eigenvalue weighted by molar-refractivity contribution is -0.151. The van der Waals surface area contributed by atoms with Crippen LogP contribution in [0.1, 0.15) is 33.1 Å². The highest BCUT2D eigenvalue weighted by molar-refractivity contribution is 8.00. The van der Waals surface area contributed by atoms with Crippen molar-refractivity contribution in [1.29, 1.82) is 0 Å². The van der Waals surface area contributed by atoms with Crippen LogP contribution in [0, 0.1) is 0 Å². The summed E-state index contributed by atoms with van der Waals surface area (Å²) in [6, 6.07) is 7.87. The number of carbonyl (C=O) groups excluding carboxylic acids is 1. The summed E-state index contributed by atoms with van der Waals surface area (Å²) in [6.45, 7) is 5.09. The highest BCUT2D eigenvalue weighted by atomic mass is 35.5. The van der Waals surface area contributed by atoms with Crippen molar-refractivity contribution in [3.8, 4) is 0 Å². The zero-order chi connectivity index (χ0) is 15.3. The van der Waals surface area contributed by atoms with Gasteiger partial charge in [0.2, 0.25) is 0 Å². The van der Waals surface area contributed by atoms with Crippen LogP contribution in [0.5, 0.6) is 0 Å². The lowest BCUT2D eigenvalue weighted by Gasteiger charge is -2.27. The molecule has 0 amide bonds. The molecule has 21 heavy (non-hydrogen) atoms. The quantitative estimate of drug-likeness (QED) is 0.804. The van der Waals surface area contributed by atoms with Crippen LogP contribution in [-0.2, 0) is 9.53 Å². The first kappa shape index (κ1) is 16.7. The number of hydrogen-bond donors (Lipinski definition) is 1. The van der Waals surface area contributed by atoms with Crippen molar-refractivity contribution in [1.82, 2.24) is 5.32 Å². The second kappa shape index (κ2) is 7.52. The summed E-state index contributed by atoms with van der Waals surface area (Å²) < 4.78 is 5.27. The molecule has 3 nitrogen and oxygen atoms in total. The zero-order valence-corrected chi connectivity index (χ0v) is 14.1. The number of halogens is 1. The monoisotopic (exact) mass is 327 g/mol. The van der Waals surface area contributed by atoms with E-state index in [2.05, 4.69) is 5.32 Å². The van der Waals surface area contributed by atoms with Crippen LogP contribution >= 0.6 is 23.4 Å². The summed E-state index contributed by atoms with van der Waals surface area (Å²) >= 11 is 7.73. The molecule has 0 spiro atoms. The molecule has 2 atom stereocenters. The van der Waals surface area contributed by atoms with Gasteiger partial charge in [-0.25, -0.2) is 0 Å². The Morgan fingerprint density at radius 1 is 1.43 bits per heavy atom. The van der Waals surface area contributed by atoms with E-state index in [1.165, 1.54) is 4.90 Å². The Morgan fingerprint density at radius 3 is 2.76 bits per heavy atom.